The number of hydrogen-bond acceptors (Lipinski definition) is 3. The van der Waals surface area contributed by atoms with Crippen LogP contribution in [0.15, 0.2) is 36.4 Å². The molecule has 0 bridgehead atoms. The summed E-state index contributed by atoms with van der Waals surface area (Å²) >= 11 is 0. The molecule has 0 fully saturated rings. The molecule has 2 rings (SSSR count). The average Bonchev–Trinajstić information content (AvgIpc) is 2.48. The van der Waals surface area contributed by atoms with Crippen LogP contribution in [0.3, 0.4) is 0 Å². The van der Waals surface area contributed by atoms with Crippen LogP contribution in [0.5, 0.6) is 5.75 Å². The lowest BCUT2D eigenvalue weighted by Crippen LogP contribution is -2.34. The van der Waals surface area contributed by atoms with Crippen LogP contribution in [0.2, 0.25) is 0 Å². The molecular formula is C16H22FNO2. The van der Waals surface area contributed by atoms with Crippen LogP contribution in [0.1, 0.15) is 19.3 Å². The molecule has 1 aromatic rings. The Balaban J connectivity index is 1.59. The van der Waals surface area contributed by atoms with Crippen LogP contribution in [0, 0.1) is 11.7 Å². The van der Waals surface area contributed by atoms with Crippen molar-refractivity contribution in [3.8, 4) is 5.75 Å². The number of halogens is 1. The molecule has 0 amide bonds. The van der Waals surface area contributed by atoms with Gasteiger partial charge in [-0.2, -0.15) is 0 Å². The van der Waals surface area contributed by atoms with Crippen molar-refractivity contribution in [3.05, 3.63) is 42.2 Å². The van der Waals surface area contributed by atoms with Gasteiger partial charge in [0.15, 0.2) is 0 Å². The Labute approximate surface area is 119 Å². The van der Waals surface area contributed by atoms with Gasteiger partial charge in [-0.05, 0) is 56.0 Å². The molecule has 4 heteroatoms. The lowest BCUT2D eigenvalue weighted by Gasteiger charge is -2.19. The van der Waals surface area contributed by atoms with E-state index in [1.807, 2.05) is 0 Å². The van der Waals surface area contributed by atoms with Crippen LogP contribution in [-0.4, -0.2) is 30.9 Å². The van der Waals surface area contributed by atoms with Crippen LogP contribution in [-0.2, 0) is 0 Å². The second-order valence-electron chi connectivity index (χ2n) is 5.23. The molecule has 0 spiro atoms. The van der Waals surface area contributed by atoms with Gasteiger partial charge in [0.1, 0.15) is 24.3 Å². The number of ether oxygens (including phenoxy) is 1. The third-order valence-electron chi connectivity index (χ3n) is 3.45. The van der Waals surface area contributed by atoms with Gasteiger partial charge in [0.05, 0.1) is 0 Å². The normalized spacial score (nSPS) is 19.8. The van der Waals surface area contributed by atoms with Gasteiger partial charge in [-0.15, -0.1) is 0 Å². The minimum atomic E-state index is -0.556. The molecule has 3 nitrogen and oxygen atoms in total. The number of aliphatic hydroxyl groups is 1. The van der Waals surface area contributed by atoms with E-state index in [9.17, 15) is 9.50 Å². The molecule has 1 aromatic carbocycles. The highest BCUT2D eigenvalue weighted by Crippen LogP contribution is 2.16. The van der Waals surface area contributed by atoms with E-state index in [0.717, 1.165) is 19.4 Å². The van der Waals surface area contributed by atoms with Gasteiger partial charge in [0.2, 0.25) is 0 Å². The maximum absolute atomic E-state index is 12.7. The summed E-state index contributed by atoms with van der Waals surface area (Å²) < 4.78 is 18.1. The van der Waals surface area contributed by atoms with Crippen molar-refractivity contribution in [2.45, 2.75) is 25.4 Å². The molecule has 20 heavy (non-hydrogen) atoms. The fourth-order valence-electron chi connectivity index (χ4n) is 2.28. The first-order valence-corrected chi connectivity index (χ1v) is 7.16. The second kappa shape index (κ2) is 8.02. The first-order chi connectivity index (χ1) is 9.74. The highest BCUT2D eigenvalue weighted by Gasteiger charge is 2.11. The Hall–Kier alpha value is -1.39. The van der Waals surface area contributed by atoms with E-state index in [1.54, 1.807) is 12.1 Å². The first-order valence-electron chi connectivity index (χ1n) is 7.16. The quantitative estimate of drug-likeness (QED) is 0.754. The molecule has 2 unspecified atom stereocenters. The summed E-state index contributed by atoms with van der Waals surface area (Å²) in [5.41, 5.74) is 0. The number of aliphatic hydroxyl groups excluding tert-OH is 1. The van der Waals surface area contributed by atoms with Crippen LogP contribution >= 0.6 is 0 Å². The number of allylic oxidation sites excluding steroid dienone is 2. The lowest BCUT2D eigenvalue weighted by molar-refractivity contribution is 0.105. The van der Waals surface area contributed by atoms with Crippen molar-refractivity contribution in [2.75, 3.05) is 19.7 Å². The zero-order valence-electron chi connectivity index (χ0n) is 11.6. The van der Waals surface area contributed by atoms with Gasteiger partial charge < -0.3 is 15.2 Å². The maximum atomic E-state index is 12.7. The number of benzene rings is 1. The Bertz CT molecular complexity index is 419. The summed E-state index contributed by atoms with van der Waals surface area (Å²) in [6.45, 7) is 1.66. The van der Waals surface area contributed by atoms with Crippen molar-refractivity contribution in [1.82, 2.24) is 5.32 Å². The van der Waals surface area contributed by atoms with E-state index in [-0.39, 0.29) is 12.4 Å². The van der Waals surface area contributed by atoms with Gasteiger partial charge in [0, 0.05) is 6.54 Å². The number of hydrogen-bond donors (Lipinski definition) is 2. The van der Waals surface area contributed by atoms with Gasteiger partial charge in [0.25, 0.3) is 0 Å². The Kier molecular flexibility index (Phi) is 6.02. The predicted molar refractivity (Wildman–Crippen MR) is 77.3 cm³/mol. The van der Waals surface area contributed by atoms with Crippen molar-refractivity contribution >= 4 is 0 Å². The molecule has 110 valence electrons. The Morgan fingerprint density at radius 1 is 1.30 bits per heavy atom. The van der Waals surface area contributed by atoms with Crippen LogP contribution in [0.25, 0.3) is 0 Å². The minimum absolute atomic E-state index is 0.212. The molecule has 1 aliphatic rings. The molecule has 2 N–H and O–H groups in total. The zero-order chi connectivity index (χ0) is 14.2. The Morgan fingerprint density at radius 2 is 2.10 bits per heavy atom. The van der Waals surface area contributed by atoms with E-state index < -0.39 is 6.10 Å². The third-order valence-corrected chi connectivity index (χ3v) is 3.45. The van der Waals surface area contributed by atoms with Gasteiger partial charge >= 0.3 is 0 Å². The standard InChI is InChI=1S/C16H22FNO2/c17-14-6-8-16(9-7-14)20-12-15(19)11-18-10-13-4-2-1-3-5-13/h1-2,6-9,13,15,18-19H,3-5,10-12H2. The molecule has 0 saturated heterocycles. The Morgan fingerprint density at radius 3 is 2.80 bits per heavy atom. The van der Waals surface area contributed by atoms with Gasteiger partial charge in [-0.25, -0.2) is 4.39 Å². The highest BCUT2D eigenvalue weighted by atomic mass is 19.1. The monoisotopic (exact) mass is 279 g/mol. The second-order valence-corrected chi connectivity index (χ2v) is 5.23. The number of rotatable bonds is 7. The first kappa shape index (κ1) is 15.0. The van der Waals surface area contributed by atoms with Crippen LogP contribution < -0.4 is 10.1 Å². The average molecular weight is 279 g/mol. The molecule has 0 radical (unpaired) electrons. The fraction of sp³-hybridized carbons (Fsp3) is 0.500. The summed E-state index contributed by atoms with van der Waals surface area (Å²) in [6.07, 6.45) is 7.38. The fourth-order valence-corrected chi connectivity index (χ4v) is 2.28. The molecule has 1 aliphatic carbocycles. The molecule has 0 aliphatic heterocycles. The van der Waals surface area contributed by atoms with E-state index in [2.05, 4.69) is 17.5 Å². The van der Waals surface area contributed by atoms with E-state index in [4.69, 9.17) is 4.74 Å². The summed E-state index contributed by atoms with van der Waals surface area (Å²) in [5.74, 6) is 0.953. The summed E-state index contributed by atoms with van der Waals surface area (Å²) in [6, 6.07) is 5.81. The molecule has 0 heterocycles. The van der Waals surface area contributed by atoms with E-state index in [1.165, 1.54) is 18.6 Å². The highest BCUT2D eigenvalue weighted by molar-refractivity contribution is 5.22. The van der Waals surface area contributed by atoms with Crippen molar-refractivity contribution in [2.24, 2.45) is 5.92 Å². The van der Waals surface area contributed by atoms with Crippen molar-refractivity contribution in [3.63, 3.8) is 0 Å². The smallest absolute Gasteiger partial charge is 0.123 e. The summed E-state index contributed by atoms with van der Waals surface area (Å²) in [4.78, 5) is 0. The van der Waals surface area contributed by atoms with Gasteiger partial charge in [-0.3, -0.25) is 0 Å². The molecule has 0 aromatic heterocycles. The zero-order valence-corrected chi connectivity index (χ0v) is 11.6. The van der Waals surface area contributed by atoms with Crippen molar-refractivity contribution < 1.29 is 14.2 Å². The SMILES string of the molecule is OC(CNCC1CC=CCC1)COc1ccc(F)cc1. The maximum Gasteiger partial charge on any atom is 0.123 e. The largest absolute Gasteiger partial charge is 0.491 e. The molecule has 0 saturated carbocycles. The molecular weight excluding hydrogens is 257 g/mol. The number of nitrogens with one attached hydrogen (secondary N) is 1. The summed E-state index contributed by atoms with van der Waals surface area (Å²) in [5, 5.41) is 13.1. The predicted octanol–water partition coefficient (Wildman–Crippen LogP) is 2.51. The minimum Gasteiger partial charge on any atom is -0.491 e. The summed E-state index contributed by atoms with van der Waals surface area (Å²) in [7, 11) is 0. The molecule has 2 atom stereocenters. The van der Waals surface area contributed by atoms with E-state index >= 15 is 0 Å². The lowest BCUT2D eigenvalue weighted by atomic mass is 9.94. The van der Waals surface area contributed by atoms with Crippen molar-refractivity contribution in [1.29, 1.82) is 0 Å². The van der Waals surface area contributed by atoms with E-state index in [0.29, 0.717) is 18.2 Å². The topological polar surface area (TPSA) is 41.5 Å². The third kappa shape index (κ3) is 5.31. The van der Waals surface area contributed by atoms with Crippen LogP contribution in [0.4, 0.5) is 4.39 Å². The van der Waals surface area contributed by atoms with Gasteiger partial charge in [-0.1, -0.05) is 12.2 Å².